The van der Waals surface area contributed by atoms with Crippen LogP contribution in [0, 0.1) is 5.82 Å². The molecule has 1 amide bonds. The molecule has 1 fully saturated rings. The lowest BCUT2D eigenvalue weighted by Crippen LogP contribution is -2.48. The zero-order valence-corrected chi connectivity index (χ0v) is 19.3. The number of aromatic nitrogens is 1. The lowest BCUT2D eigenvalue weighted by atomic mass is 10.1. The topological polar surface area (TPSA) is 62.7 Å². The average molecular weight is 468 g/mol. The number of carbonyl (C=O) groups excluding carboxylic acids is 2. The molecule has 1 aliphatic heterocycles. The van der Waals surface area contributed by atoms with E-state index in [1.807, 2.05) is 29.2 Å². The number of Topliss-reactive ketones (excluding diaryl/α,β-unsaturated/α-hetero) is 1. The van der Waals surface area contributed by atoms with Gasteiger partial charge >= 0.3 is 0 Å². The smallest absolute Gasteiger partial charge is 0.223 e. The molecule has 1 aliphatic rings. The van der Waals surface area contributed by atoms with Gasteiger partial charge in [0.25, 0.3) is 0 Å². The fourth-order valence-electron chi connectivity index (χ4n) is 3.79. The Kier molecular flexibility index (Phi) is 7.47. The van der Waals surface area contributed by atoms with Crippen LogP contribution >= 0.6 is 11.3 Å². The number of hydrogen-bond donors (Lipinski definition) is 0. The Labute approximate surface area is 196 Å². The molecule has 0 N–H and O–H groups in total. The van der Waals surface area contributed by atoms with Crippen LogP contribution in [0.5, 0.6) is 5.75 Å². The highest BCUT2D eigenvalue weighted by Gasteiger charge is 2.22. The van der Waals surface area contributed by atoms with E-state index in [0.717, 1.165) is 41.6 Å². The first-order valence-corrected chi connectivity index (χ1v) is 11.8. The van der Waals surface area contributed by atoms with Gasteiger partial charge in [0.2, 0.25) is 5.91 Å². The van der Waals surface area contributed by atoms with Crippen molar-refractivity contribution in [2.45, 2.75) is 19.4 Å². The van der Waals surface area contributed by atoms with Gasteiger partial charge in [0.1, 0.15) is 16.6 Å². The number of benzene rings is 2. The van der Waals surface area contributed by atoms with Crippen molar-refractivity contribution in [2.75, 3.05) is 33.3 Å². The molecule has 8 heteroatoms. The normalized spacial score (nSPS) is 14.3. The summed E-state index contributed by atoms with van der Waals surface area (Å²) in [6.45, 7) is 3.57. The monoisotopic (exact) mass is 467 g/mol. The van der Waals surface area contributed by atoms with Crippen LogP contribution in [0.4, 0.5) is 4.39 Å². The summed E-state index contributed by atoms with van der Waals surface area (Å²) in [6, 6.07) is 13.3. The number of methoxy groups -OCH3 is 1. The first-order valence-electron chi connectivity index (χ1n) is 10.9. The molecule has 0 atom stereocenters. The number of thiazole rings is 1. The number of amides is 1. The zero-order chi connectivity index (χ0) is 23.2. The van der Waals surface area contributed by atoms with E-state index in [1.165, 1.54) is 24.3 Å². The van der Waals surface area contributed by atoms with Gasteiger partial charge in [0, 0.05) is 62.1 Å². The molecule has 33 heavy (non-hydrogen) atoms. The molecule has 1 saturated heterocycles. The summed E-state index contributed by atoms with van der Waals surface area (Å²) in [5, 5.41) is 3.06. The highest BCUT2D eigenvalue weighted by Crippen LogP contribution is 2.26. The van der Waals surface area contributed by atoms with Gasteiger partial charge in [-0.25, -0.2) is 9.37 Å². The molecule has 2 heterocycles. The predicted molar refractivity (Wildman–Crippen MR) is 126 cm³/mol. The Morgan fingerprint density at radius 3 is 2.36 bits per heavy atom. The molecule has 0 radical (unpaired) electrons. The van der Waals surface area contributed by atoms with Crippen LogP contribution in [0.15, 0.2) is 53.9 Å². The Bertz CT molecular complexity index is 1090. The second kappa shape index (κ2) is 10.7. The summed E-state index contributed by atoms with van der Waals surface area (Å²) in [6.07, 6.45) is 0.311. The number of piperazine rings is 1. The molecule has 0 spiro atoms. The van der Waals surface area contributed by atoms with Gasteiger partial charge in [0.05, 0.1) is 12.8 Å². The summed E-state index contributed by atoms with van der Waals surface area (Å²) in [4.78, 5) is 33.6. The minimum atomic E-state index is -0.380. The van der Waals surface area contributed by atoms with Crippen molar-refractivity contribution in [3.8, 4) is 16.3 Å². The van der Waals surface area contributed by atoms with Crippen molar-refractivity contribution in [1.82, 2.24) is 14.8 Å². The highest BCUT2D eigenvalue weighted by atomic mass is 32.1. The lowest BCUT2D eigenvalue weighted by molar-refractivity contribution is -0.133. The van der Waals surface area contributed by atoms with Crippen LogP contribution in [0.3, 0.4) is 0 Å². The Balaban J connectivity index is 1.22. The quantitative estimate of drug-likeness (QED) is 0.463. The van der Waals surface area contributed by atoms with Crippen molar-refractivity contribution in [2.24, 2.45) is 0 Å². The van der Waals surface area contributed by atoms with Crippen molar-refractivity contribution in [1.29, 1.82) is 0 Å². The molecule has 0 unspecified atom stereocenters. The van der Waals surface area contributed by atoms with Crippen LogP contribution in [0.1, 0.15) is 28.9 Å². The van der Waals surface area contributed by atoms with Crippen molar-refractivity contribution >= 4 is 23.0 Å². The molecular weight excluding hydrogens is 441 g/mol. The van der Waals surface area contributed by atoms with Crippen molar-refractivity contribution in [3.05, 3.63) is 71.0 Å². The summed E-state index contributed by atoms with van der Waals surface area (Å²) < 4.78 is 18.2. The third-order valence-electron chi connectivity index (χ3n) is 5.73. The molecule has 6 nitrogen and oxygen atoms in total. The third kappa shape index (κ3) is 6.03. The number of halogens is 1. The van der Waals surface area contributed by atoms with E-state index in [9.17, 15) is 14.0 Å². The van der Waals surface area contributed by atoms with E-state index in [1.54, 1.807) is 18.4 Å². The highest BCUT2D eigenvalue weighted by molar-refractivity contribution is 7.13. The zero-order valence-electron chi connectivity index (χ0n) is 18.5. The largest absolute Gasteiger partial charge is 0.497 e. The SMILES string of the molecule is COc1ccc(-c2nc(CN3CCN(C(=O)CCC(=O)c4ccc(F)cc4)CC3)cs2)cc1. The molecule has 1 aromatic heterocycles. The molecular formula is C25H26FN3O3S. The first-order chi connectivity index (χ1) is 16.0. The number of nitrogens with zero attached hydrogens (tertiary/aromatic N) is 3. The van der Waals surface area contributed by atoms with Gasteiger partial charge in [-0.05, 0) is 48.5 Å². The maximum Gasteiger partial charge on any atom is 0.223 e. The second-order valence-corrected chi connectivity index (χ2v) is 8.82. The number of ether oxygens (including phenoxy) is 1. The average Bonchev–Trinajstić information content (AvgIpc) is 3.31. The fraction of sp³-hybridized carbons (Fsp3) is 0.320. The van der Waals surface area contributed by atoms with Gasteiger partial charge < -0.3 is 9.64 Å². The maximum absolute atomic E-state index is 13.0. The lowest BCUT2D eigenvalue weighted by Gasteiger charge is -2.34. The Hall–Kier alpha value is -3.10. The summed E-state index contributed by atoms with van der Waals surface area (Å²) >= 11 is 1.62. The van der Waals surface area contributed by atoms with Gasteiger partial charge in [-0.2, -0.15) is 0 Å². The van der Waals surface area contributed by atoms with Crippen LogP contribution in [-0.2, 0) is 11.3 Å². The Morgan fingerprint density at radius 2 is 1.70 bits per heavy atom. The molecule has 4 rings (SSSR count). The van der Waals surface area contributed by atoms with Gasteiger partial charge in [0.15, 0.2) is 5.78 Å². The van der Waals surface area contributed by atoms with Gasteiger partial charge in [-0.3, -0.25) is 14.5 Å². The number of carbonyl (C=O) groups is 2. The summed E-state index contributed by atoms with van der Waals surface area (Å²) in [5.41, 5.74) is 2.53. The van der Waals surface area contributed by atoms with Crippen LogP contribution in [0.25, 0.3) is 10.6 Å². The summed E-state index contributed by atoms with van der Waals surface area (Å²) in [7, 11) is 1.65. The predicted octanol–water partition coefficient (Wildman–Crippen LogP) is 4.27. The van der Waals surface area contributed by atoms with Crippen LogP contribution in [0.2, 0.25) is 0 Å². The fourth-order valence-corrected chi connectivity index (χ4v) is 4.61. The van der Waals surface area contributed by atoms with Crippen LogP contribution < -0.4 is 4.74 Å². The van der Waals surface area contributed by atoms with E-state index in [0.29, 0.717) is 18.7 Å². The minimum absolute atomic E-state index is 0.0134. The molecule has 2 aromatic carbocycles. The van der Waals surface area contributed by atoms with E-state index < -0.39 is 0 Å². The van der Waals surface area contributed by atoms with Gasteiger partial charge in [-0.1, -0.05) is 0 Å². The Morgan fingerprint density at radius 1 is 1.00 bits per heavy atom. The first kappa shape index (κ1) is 23.1. The molecule has 0 saturated carbocycles. The molecule has 172 valence electrons. The second-order valence-electron chi connectivity index (χ2n) is 7.96. The van der Waals surface area contributed by atoms with Crippen LogP contribution in [-0.4, -0.2) is 59.8 Å². The van der Waals surface area contributed by atoms with Crippen molar-refractivity contribution < 1.29 is 18.7 Å². The van der Waals surface area contributed by atoms with E-state index >= 15 is 0 Å². The number of ketones is 1. The minimum Gasteiger partial charge on any atom is -0.497 e. The van der Waals surface area contributed by atoms with Gasteiger partial charge in [-0.15, -0.1) is 11.3 Å². The molecule has 0 bridgehead atoms. The summed E-state index contributed by atoms with van der Waals surface area (Å²) in [5.74, 6) is 0.289. The number of hydrogen-bond acceptors (Lipinski definition) is 6. The van der Waals surface area contributed by atoms with E-state index in [2.05, 4.69) is 10.3 Å². The van der Waals surface area contributed by atoms with Crippen molar-refractivity contribution in [3.63, 3.8) is 0 Å². The number of rotatable bonds is 8. The van der Waals surface area contributed by atoms with E-state index in [-0.39, 0.29) is 30.3 Å². The van der Waals surface area contributed by atoms with E-state index in [4.69, 9.17) is 9.72 Å². The maximum atomic E-state index is 13.0. The third-order valence-corrected chi connectivity index (χ3v) is 6.67. The molecule has 3 aromatic rings. The standard InChI is InChI=1S/C25H26FN3O3S/c1-32-22-8-4-19(5-9-22)25-27-21(17-33-25)16-28-12-14-29(15-13-28)24(31)11-10-23(30)18-2-6-20(26)7-3-18/h2-9,17H,10-16H2,1H3. The molecule has 0 aliphatic carbocycles.